The fourth-order valence-electron chi connectivity index (χ4n) is 3.04. The van der Waals surface area contributed by atoms with Gasteiger partial charge in [0.05, 0.1) is 0 Å². The van der Waals surface area contributed by atoms with E-state index >= 15 is 0 Å². The fourth-order valence-corrected chi connectivity index (χ4v) is 3.04. The van der Waals surface area contributed by atoms with Gasteiger partial charge in [-0.2, -0.15) is 0 Å². The summed E-state index contributed by atoms with van der Waals surface area (Å²) in [6.07, 6.45) is 1.27. The predicted molar refractivity (Wildman–Crippen MR) is 102 cm³/mol. The van der Waals surface area contributed by atoms with E-state index in [1.165, 1.54) is 0 Å². The second-order valence-electron chi connectivity index (χ2n) is 7.12. The lowest BCUT2D eigenvalue weighted by Gasteiger charge is -2.17. The first-order chi connectivity index (χ1) is 12.9. The van der Waals surface area contributed by atoms with Crippen molar-refractivity contribution < 1.29 is 9.21 Å². The van der Waals surface area contributed by atoms with Crippen LogP contribution in [0.15, 0.2) is 39.5 Å². The number of fused-ring (bicyclic) bond motifs is 1. The molecular weight excluding hydrogens is 344 g/mol. The predicted octanol–water partition coefficient (Wildman–Crippen LogP) is 3.06. The lowest BCUT2D eigenvalue weighted by molar-refractivity contribution is -0.122. The van der Waals surface area contributed by atoms with Crippen LogP contribution in [0.4, 0.5) is 0 Å². The molecule has 0 aliphatic rings. The molecule has 2 aromatic heterocycles. The third-order valence-electron chi connectivity index (χ3n) is 4.33. The standard InChI is InChI=1S/C20H24N4O3/c1-12(2)10-17(20-24-23-13(3)27-20)21-18(25)9-8-15-11-14-6-4-5-7-16(14)22-19(15)26/h4-7,11-12,17H,8-10H2,1-3H3,(H,21,25)(H,22,26). The van der Waals surface area contributed by atoms with Gasteiger partial charge < -0.3 is 14.7 Å². The number of rotatable bonds is 7. The van der Waals surface area contributed by atoms with Crippen LogP contribution in [0.25, 0.3) is 10.9 Å². The van der Waals surface area contributed by atoms with Gasteiger partial charge in [-0.25, -0.2) is 0 Å². The van der Waals surface area contributed by atoms with E-state index in [4.69, 9.17) is 4.42 Å². The molecule has 0 fully saturated rings. The third kappa shape index (κ3) is 4.81. The van der Waals surface area contributed by atoms with E-state index in [1.807, 2.05) is 30.3 Å². The minimum absolute atomic E-state index is 0.149. The summed E-state index contributed by atoms with van der Waals surface area (Å²) in [6.45, 7) is 5.85. The maximum atomic E-state index is 12.5. The number of aryl methyl sites for hydroxylation is 2. The van der Waals surface area contributed by atoms with Crippen molar-refractivity contribution in [2.45, 2.75) is 46.1 Å². The van der Waals surface area contributed by atoms with Gasteiger partial charge in [-0.3, -0.25) is 9.59 Å². The normalized spacial score (nSPS) is 12.4. The second kappa shape index (κ2) is 8.16. The largest absolute Gasteiger partial charge is 0.423 e. The molecule has 27 heavy (non-hydrogen) atoms. The summed E-state index contributed by atoms with van der Waals surface area (Å²) in [5.41, 5.74) is 1.23. The Morgan fingerprint density at radius 3 is 2.74 bits per heavy atom. The van der Waals surface area contributed by atoms with Crippen LogP contribution in [0.5, 0.6) is 0 Å². The Hall–Kier alpha value is -2.96. The number of aromatic amines is 1. The molecule has 0 spiro atoms. The van der Waals surface area contributed by atoms with Crippen molar-refractivity contribution in [1.29, 1.82) is 0 Å². The molecule has 3 aromatic rings. The van der Waals surface area contributed by atoms with Gasteiger partial charge in [0.1, 0.15) is 6.04 Å². The Bertz CT molecular complexity index is 990. The maximum Gasteiger partial charge on any atom is 0.251 e. The number of carbonyl (C=O) groups excluding carboxylic acids is 1. The Morgan fingerprint density at radius 1 is 1.26 bits per heavy atom. The van der Waals surface area contributed by atoms with Crippen molar-refractivity contribution in [3.8, 4) is 0 Å². The summed E-state index contributed by atoms with van der Waals surface area (Å²) >= 11 is 0. The monoisotopic (exact) mass is 368 g/mol. The van der Waals surface area contributed by atoms with Gasteiger partial charge in [-0.1, -0.05) is 32.0 Å². The molecule has 0 aliphatic heterocycles. The molecule has 1 atom stereocenters. The van der Waals surface area contributed by atoms with Crippen molar-refractivity contribution in [2.24, 2.45) is 5.92 Å². The van der Waals surface area contributed by atoms with Crippen LogP contribution in [0.1, 0.15) is 50.1 Å². The highest BCUT2D eigenvalue weighted by molar-refractivity contribution is 5.79. The molecule has 0 saturated carbocycles. The molecule has 3 rings (SSSR count). The number of nitrogens with zero attached hydrogens (tertiary/aromatic N) is 2. The van der Waals surface area contributed by atoms with Crippen molar-refractivity contribution in [2.75, 3.05) is 0 Å². The van der Waals surface area contributed by atoms with Crippen molar-refractivity contribution in [3.63, 3.8) is 0 Å². The molecule has 1 aromatic carbocycles. The molecule has 2 N–H and O–H groups in total. The summed E-state index contributed by atoms with van der Waals surface area (Å²) in [7, 11) is 0. The van der Waals surface area contributed by atoms with E-state index in [-0.39, 0.29) is 23.9 Å². The van der Waals surface area contributed by atoms with Crippen molar-refractivity contribution in [1.82, 2.24) is 20.5 Å². The van der Waals surface area contributed by atoms with Crippen LogP contribution in [0.2, 0.25) is 0 Å². The minimum atomic E-state index is -0.325. The third-order valence-corrected chi connectivity index (χ3v) is 4.33. The molecule has 0 radical (unpaired) electrons. The smallest absolute Gasteiger partial charge is 0.251 e. The summed E-state index contributed by atoms with van der Waals surface area (Å²) in [4.78, 5) is 27.5. The van der Waals surface area contributed by atoms with Gasteiger partial charge in [0, 0.05) is 24.4 Å². The number of pyridine rings is 1. The van der Waals surface area contributed by atoms with Gasteiger partial charge in [0.2, 0.25) is 17.7 Å². The Labute approximate surface area is 157 Å². The topological polar surface area (TPSA) is 101 Å². The summed E-state index contributed by atoms with van der Waals surface area (Å²) in [5.74, 6) is 1.09. The van der Waals surface area contributed by atoms with Gasteiger partial charge in [0.15, 0.2) is 0 Å². The molecular formula is C20H24N4O3. The highest BCUT2D eigenvalue weighted by atomic mass is 16.4. The van der Waals surface area contributed by atoms with Crippen LogP contribution < -0.4 is 10.9 Å². The molecule has 2 heterocycles. The molecule has 7 heteroatoms. The zero-order chi connectivity index (χ0) is 19.4. The van der Waals surface area contributed by atoms with Crippen LogP contribution >= 0.6 is 0 Å². The molecule has 0 saturated heterocycles. The quantitative estimate of drug-likeness (QED) is 0.667. The van der Waals surface area contributed by atoms with Gasteiger partial charge in [-0.15, -0.1) is 10.2 Å². The van der Waals surface area contributed by atoms with Crippen LogP contribution in [0.3, 0.4) is 0 Å². The van der Waals surface area contributed by atoms with E-state index in [0.717, 1.165) is 10.9 Å². The second-order valence-corrected chi connectivity index (χ2v) is 7.12. The average molecular weight is 368 g/mol. The number of aromatic nitrogens is 3. The molecule has 0 aliphatic carbocycles. The number of benzene rings is 1. The maximum absolute atomic E-state index is 12.5. The van der Waals surface area contributed by atoms with Crippen molar-refractivity contribution >= 4 is 16.8 Å². The summed E-state index contributed by atoms with van der Waals surface area (Å²) in [5, 5.41) is 11.8. The summed E-state index contributed by atoms with van der Waals surface area (Å²) in [6, 6.07) is 9.10. The minimum Gasteiger partial charge on any atom is -0.423 e. The van der Waals surface area contributed by atoms with E-state index < -0.39 is 0 Å². The number of carbonyl (C=O) groups is 1. The molecule has 0 bridgehead atoms. The van der Waals surface area contributed by atoms with Crippen LogP contribution in [-0.2, 0) is 11.2 Å². The van der Waals surface area contributed by atoms with E-state index in [0.29, 0.717) is 36.1 Å². The first-order valence-corrected chi connectivity index (χ1v) is 9.12. The first-order valence-electron chi connectivity index (χ1n) is 9.12. The van der Waals surface area contributed by atoms with E-state index in [1.54, 1.807) is 6.92 Å². The number of para-hydroxylation sites is 1. The highest BCUT2D eigenvalue weighted by Gasteiger charge is 2.21. The molecule has 1 amide bonds. The Kier molecular flexibility index (Phi) is 5.69. The highest BCUT2D eigenvalue weighted by Crippen LogP contribution is 2.20. The van der Waals surface area contributed by atoms with E-state index in [2.05, 4.69) is 34.3 Å². The zero-order valence-corrected chi connectivity index (χ0v) is 15.8. The Morgan fingerprint density at radius 2 is 2.04 bits per heavy atom. The average Bonchev–Trinajstić information content (AvgIpc) is 3.05. The lowest BCUT2D eigenvalue weighted by atomic mass is 10.0. The van der Waals surface area contributed by atoms with Gasteiger partial charge in [-0.05, 0) is 36.3 Å². The first kappa shape index (κ1) is 18.8. The number of nitrogens with one attached hydrogen (secondary N) is 2. The number of hydrogen-bond donors (Lipinski definition) is 2. The lowest BCUT2D eigenvalue weighted by Crippen LogP contribution is -2.30. The van der Waals surface area contributed by atoms with Crippen LogP contribution in [0, 0.1) is 12.8 Å². The number of hydrogen-bond acceptors (Lipinski definition) is 5. The van der Waals surface area contributed by atoms with Crippen LogP contribution in [-0.4, -0.2) is 21.1 Å². The molecule has 7 nitrogen and oxygen atoms in total. The molecule has 1 unspecified atom stereocenters. The van der Waals surface area contributed by atoms with Crippen molar-refractivity contribution in [3.05, 3.63) is 58.0 Å². The van der Waals surface area contributed by atoms with Gasteiger partial charge in [0.25, 0.3) is 5.56 Å². The van der Waals surface area contributed by atoms with E-state index in [9.17, 15) is 9.59 Å². The number of amides is 1. The SMILES string of the molecule is Cc1nnc(C(CC(C)C)NC(=O)CCc2cc3ccccc3[nH]c2=O)o1. The Balaban J connectivity index is 1.67. The van der Waals surface area contributed by atoms with Gasteiger partial charge >= 0.3 is 0 Å². The fraction of sp³-hybridized carbons (Fsp3) is 0.400. The zero-order valence-electron chi connectivity index (χ0n) is 15.8. The summed E-state index contributed by atoms with van der Waals surface area (Å²) < 4.78 is 5.49. The molecule has 142 valence electrons. The number of H-pyrrole nitrogens is 1.